The van der Waals surface area contributed by atoms with Crippen molar-refractivity contribution in [3.05, 3.63) is 22.9 Å². The lowest BCUT2D eigenvalue weighted by atomic mass is 10.2. The van der Waals surface area contributed by atoms with Crippen molar-refractivity contribution in [3.8, 4) is 0 Å². The fourth-order valence-electron chi connectivity index (χ4n) is 1.91. The van der Waals surface area contributed by atoms with Gasteiger partial charge in [-0.3, -0.25) is 0 Å². The normalized spacial score (nSPS) is 20.8. The van der Waals surface area contributed by atoms with Crippen molar-refractivity contribution in [2.24, 2.45) is 12.2 Å². The minimum absolute atomic E-state index is 0.258. The maximum Gasteiger partial charge on any atom is 0.146 e. The summed E-state index contributed by atoms with van der Waals surface area (Å²) in [5.74, 6) is 0.651. The fourth-order valence-corrected chi connectivity index (χ4v) is 3.24. The highest BCUT2D eigenvalue weighted by Crippen LogP contribution is 2.38. The Bertz CT molecular complexity index is 382. The summed E-state index contributed by atoms with van der Waals surface area (Å²) in [6, 6.07) is 1.77. The van der Waals surface area contributed by atoms with Gasteiger partial charge in [0.05, 0.1) is 5.69 Å². The molecule has 0 fully saturated rings. The number of fused-ring (bicyclic) bond motifs is 1. The third kappa shape index (κ3) is 2.26. The van der Waals surface area contributed by atoms with Crippen molar-refractivity contribution in [1.29, 1.82) is 0 Å². The van der Waals surface area contributed by atoms with Gasteiger partial charge in [-0.25, -0.2) is 4.31 Å². The van der Waals surface area contributed by atoms with Gasteiger partial charge in [-0.2, -0.15) is 4.91 Å². The first-order chi connectivity index (χ1) is 7.76. The molecule has 0 spiro atoms. The maximum atomic E-state index is 10.9. The zero-order valence-electron chi connectivity index (χ0n) is 9.10. The molecule has 1 aromatic heterocycles. The number of aromatic nitrogens is 1. The third-order valence-corrected chi connectivity index (χ3v) is 4.07. The van der Waals surface area contributed by atoms with Gasteiger partial charge in [-0.15, -0.1) is 11.6 Å². The smallest absolute Gasteiger partial charge is 0.146 e. The molecule has 0 bridgehead atoms. The Kier molecular flexibility index (Phi) is 3.89. The zero-order chi connectivity index (χ0) is 11.5. The zero-order valence-corrected chi connectivity index (χ0v) is 10.7. The van der Waals surface area contributed by atoms with Crippen molar-refractivity contribution in [1.82, 2.24) is 8.87 Å². The summed E-state index contributed by atoms with van der Waals surface area (Å²) >= 11 is 7.36. The van der Waals surface area contributed by atoms with Gasteiger partial charge in [0, 0.05) is 37.1 Å². The van der Waals surface area contributed by atoms with Gasteiger partial charge in [0.15, 0.2) is 0 Å². The highest BCUT2D eigenvalue weighted by atomic mass is 35.5. The minimum Gasteiger partial charge on any atom is -0.351 e. The van der Waals surface area contributed by atoms with Crippen LogP contribution in [0.25, 0.3) is 0 Å². The van der Waals surface area contributed by atoms with Crippen LogP contribution in [-0.2, 0) is 7.05 Å². The van der Waals surface area contributed by atoms with Gasteiger partial charge in [0.25, 0.3) is 0 Å². The number of alkyl halides is 1. The fraction of sp³-hybridized carbons (Fsp3) is 0.600. The van der Waals surface area contributed by atoms with Crippen LogP contribution in [-0.4, -0.2) is 27.8 Å². The van der Waals surface area contributed by atoms with Crippen molar-refractivity contribution in [2.45, 2.75) is 17.4 Å². The second-order valence-electron chi connectivity index (χ2n) is 3.82. The predicted molar refractivity (Wildman–Crippen MR) is 66.7 cm³/mol. The molecule has 1 atom stereocenters. The largest absolute Gasteiger partial charge is 0.351 e. The summed E-state index contributed by atoms with van der Waals surface area (Å²) in [6.07, 6.45) is 2.91. The van der Waals surface area contributed by atoms with Crippen LogP contribution in [0.5, 0.6) is 0 Å². The van der Waals surface area contributed by atoms with Crippen LogP contribution in [0, 0.1) is 4.91 Å². The van der Waals surface area contributed by atoms with Gasteiger partial charge in [0.2, 0.25) is 0 Å². The summed E-state index contributed by atoms with van der Waals surface area (Å²) < 4.78 is 4.14. The Morgan fingerprint density at radius 1 is 1.69 bits per heavy atom. The number of rotatable bonds is 4. The van der Waals surface area contributed by atoms with E-state index in [4.69, 9.17) is 11.6 Å². The summed E-state index contributed by atoms with van der Waals surface area (Å²) in [6.45, 7) is 1.57. The second-order valence-corrected chi connectivity index (χ2v) is 5.34. The maximum absolute atomic E-state index is 10.9. The van der Waals surface area contributed by atoms with E-state index in [1.807, 2.05) is 23.9 Å². The Labute approximate surface area is 104 Å². The first-order valence-electron chi connectivity index (χ1n) is 5.23. The highest BCUT2D eigenvalue weighted by Gasteiger charge is 2.29. The molecule has 2 rings (SSSR count). The number of aryl methyl sites for hydroxylation is 1. The highest BCUT2D eigenvalue weighted by molar-refractivity contribution is 7.97. The van der Waals surface area contributed by atoms with E-state index in [-0.39, 0.29) is 6.04 Å². The second kappa shape index (κ2) is 5.21. The van der Waals surface area contributed by atoms with Gasteiger partial charge in [-0.05, 0) is 24.4 Å². The molecule has 1 aliphatic heterocycles. The first-order valence-corrected chi connectivity index (χ1v) is 6.53. The first kappa shape index (κ1) is 12.0. The quantitative estimate of drug-likeness (QED) is 0.474. The van der Waals surface area contributed by atoms with Crippen LogP contribution in [0.3, 0.4) is 0 Å². The number of hydrogen-bond acceptors (Lipinski definition) is 4. The van der Waals surface area contributed by atoms with E-state index in [1.54, 1.807) is 11.9 Å². The molecule has 0 aromatic carbocycles. The Hall–Kier alpha value is -0.520. The van der Waals surface area contributed by atoms with Crippen LogP contribution >= 0.6 is 23.5 Å². The molecule has 0 aliphatic carbocycles. The van der Waals surface area contributed by atoms with Gasteiger partial charge in [0.1, 0.15) is 6.04 Å². The lowest BCUT2D eigenvalue weighted by Gasteiger charge is -2.28. The van der Waals surface area contributed by atoms with Crippen LogP contribution in [0.15, 0.2) is 22.3 Å². The summed E-state index contributed by atoms with van der Waals surface area (Å²) in [5.41, 5.74) is 1.03. The monoisotopic (exact) mass is 259 g/mol. The lowest BCUT2D eigenvalue weighted by Crippen LogP contribution is -2.28. The van der Waals surface area contributed by atoms with Crippen LogP contribution in [0.4, 0.5) is 0 Å². The van der Waals surface area contributed by atoms with E-state index < -0.39 is 0 Å². The van der Waals surface area contributed by atoms with Crippen LogP contribution in [0.2, 0.25) is 0 Å². The molecular formula is C10H14ClN3OS. The summed E-state index contributed by atoms with van der Waals surface area (Å²) in [4.78, 5) is 12.0. The SMILES string of the molecule is Cn1ccc2c1C(N=O)CN(CCCCl)S2. The number of nitroso groups, excluding NO2 is 1. The molecule has 0 saturated carbocycles. The average molecular weight is 260 g/mol. The van der Waals surface area contributed by atoms with Crippen LogP contribution < -0.4 is 0 Å². The molecule has 2 heterocycles. The standard InChI is InChI=1S/C10H14ClN3OS/c1-13-6-3-9-10(13)8(12-15)7-14(16-9)5-2-4-11/h3,6,8H,2,4-5,7H2,1H3. The van der Waals surface area contributed by atoms with Crippen LogP contribution in [0.1, 0.15) is 18.2 Å². The number of halogens is 1. The molecule has 0 amide bonds. The lowest BCUT2D eigenvalue weighted by molar-refractivity contribution is 0.409. The number of nitrogens with zero attached hydrogens (tertiary/aromatic N) is 3. The third-order valence-electron chi connectivity index (χ3n) is 2.67. The average Bonchev–Trinajstić information content (AvgIpc) is 2.67. The Morgan fingerprint density at radius 3 is 3.19 bits per heavy atom. The van der Waals surface area contributed by atoms with Gasteiger partial charge < -0.3 is 4.57 Å². The van der Waals surface area contributed by atoms with E-state index in [1.165, 1.54) is 0 Å². The van der Waals surface area contributed by atoms with Crippen molar-refractivity contribution >= 4 is 23.5 Å². The molecule has 0 N–H and O–H groups in total. The molecule has 0 radical (unpaired) electrons. The molecule has 1 aliphatic rings. The molecule has 1 unspecified atom stereocenters. The Balaban J connectivity index is 2.16. The predicted octanol–water partition coefficient (Wildman–Crippen LogP) is 2.78. The number of hydrogen-bond donors (Lipinski definition) is 0. The molecule has 16 heavy (non-hydrogen) atoms. The van der Waals surface area contributed by atoms with Crippen molar-refractivity contribution < 1.29 is 0 Å². The molecule has 0 saturated heterocycles. The van der Waals surface area contributed by atoms with E-state index in [9.17, 15) is 4.91 Å². The minimum atomic E-state index is -0.258. The summed E-state index contributed by atoms with van der Waals surface area (Å²) in [5, 5.41) is 3.22. The molecule has 88 valence electrons. The van der Waals surface area contributed by atoms with Crippen molar-refractivity contribution in [3.63, 3.8) is 0 Å². The molecule has 1 aromatic rings. The topological polar surface area (TPSA) is 37.6 Å². The van der Waals surface area contributed by atoms with E-state index >= 15 is 0 Å². The van der Waals surface area contributed by atoms with Gasteiger partial charge >= 0.3 is 0 Å². The van der Waals surface area contributed by atoms with Gasteiger partial charge in [-0.1, -0.05) is 5.18 Å². The molecule has 4 nitrogen and oxygen atoms in total. The van der Waals surface area contributed by atoms with E-state index in [0.29, 0.717) is 12.4 Å². The molecule has 6 heteroatoms. The van der Waals surface area contributed by atoms with Crippen molar-refractivity contribution in [2.75, 3.05) is 19.0 Å². The molecular weight excluding hydrogens is 246 g/mol. The van der Waals surface area contributed by atoms with E-state index in [0.717, 1.165) is 23.6 Å². The summed E-state index contributed by atoms with van der Waals surface area (Å²) in [7, 11) is 1.95. The Morgan fingerprint density at radius 2 is 2.50 bits per heavy atom. The van der Waals surface area contributed by atoms with E-state index in [2.05, 4.69) is 9.48 Å².